The third-order valence-electron chi connectivity index (χ3n) is 6.07. The molecule has 0 unspecified atom stereocenters. The molecule has 1 aromatic heterocycles. The Kier molecular flexibility index (Phi) is 4.49. The Morgan fingerprint density at radius 2 is 1.76 bits per heavy atom. The molecule has 1 N–H and O–H groups in total. The molecule has 0 amide bonds. The van der Waals surface area contributed by atoms with E-state index in [1.165, 1.54) is 5.56 Å². The Morgan fingerprint density at radius 1 is 1.03 bits per heavy atom. The first kappa shape index (κ1) is 19.2. The van der Waals surface area contributed by atoms with Crippen LogP contribution < -0.4 is 0 Å². The Balaban J connectivity index is 1.68. The normalized spacial score (nSPS) is 17.8. The first-order valence-corrected chi connectivity index (χ1v) is 9.89. The van der Waals surface area contributed by atoms with Gasteiger partial charge in [0, 0.05) is 17.4 Å². The van der Waals surface area contributed by atoms with Crippen molar-refractivity contribution in [3.63, 3.8) is 0 Å². The van der Waals surface area contributed by atoms with E-state index in [0.29, 0.717) is 18.0 Å². The molecule has 3 aromatic rings. The van der Waals surface area contributed by atoms with Crippen LogP contribution in [0.1, 0.15) is 63.3 Å². The standard InChI is InChI=1S/C24H26N4O/c1-15(12-16-6-8-17(9-7-16)22-25-27-28-26-22)18-10-11-19-20(13-18)24(4,5)21(29)14-23(19,2)3/h6-13H,14H2,1-5H3,(H,25,26,27,28)/b15-12+. The van der Waals surface area contributed by atoms with E-state index in [-0.39, 0.29) is 5.41 Å². The molecule has 0 saturated heterocycles. The zero-order chi connectivity index (χ0) is 20.8. The Labute approximate surface area is 171 Å². The number of rotatable bonds is 3. The van der Waals surface area contributed by atoms with E-state index >= 15 is 0 Å². The van der Waals surface area contributed by atoms with Crippen LogP contribution in [0.2, 0.25) is 0 Å². The third-order valence-corrected chi connectivity index (χ3v) is 6.07. The van der Waals surface area contributed by atoms with E-state index in [9.17, 15) is 4.79 Å². The Hall–Kier alpha value is -3.08. The average molecular weight is 386 g/mol. The number of benzene rings is 2. The number of aromatic amines is 1. The first-order valence-electron chi connectivity index (χ1n) is 9.89. The van der Waals surface area contributed by atoms with Crippen LogP contribution in [0.4, 0.5) is 0 Å². The third kappa shape index (κ3) is 3.41. The quantitative estimate of drug-likeness (QED) is 0.646. The van der Waals surface area contributed by atoms with Crippen LogP contribution in [-0.2, 0) is 15.6 Å². The first-order chi connectivity index (χ1) is 13.7. The van der Waals surface area contributed by atoms with Gasteiger partial charge in [-0.1, -0.05) is 62.4 Å². The van der Waals surface area contributed by atoms with Gasteiger partial charge in [-0.3, -0.25) is 4.79 Å². The number of carbonyl (C=O) groups excluding carboxylic acids is 1. The van der Waals surface area contributed by atoms with Crippen LogP contribution in [0.25, 0.3) is 23.0 Å². The summed E-state index contributed by atoms with van der Waals surface area (Å²) in [5.41, 5.74) is 6.18. The summed E-state index contributed by atoms with van der Waals surface area (Å²) in [7, 11) is 0. The predicted molar refractivity (Wildman–Crippen MR) is 115 cm³/mol. The number of nitrogens with zero attached hydrogens (tertiary/aromatic N) is 3. The van der Waals surface area contributed by atoms with Gasteiger partial charge in [0.2, 0.25) is 5.82 Å². The number of carbonyl (C=O) groups is 1. The van der Waals surface area contributed by atoms with Gasteiger partial charge in [0.15, 0.2) is 0 Å². The highest BCUT2D eigenvalue weighted by Gasteiger charge is 2.43. The van der Waals surface area contributed by atoms with Gasteiger partial charge in [-0.05, 0) is 59.2 Å². The van der Waals surface area contributed by atoms with Gasteiger partial charge in [0.05, 0.1) is 0 Å². The zero-order valence-electron chi connectivity index (χ0n) is 17.6. The van der Waals surface area contributed by atoms with Gasteiger partial charge in [0.25, 0.3) is 0 Å². The maximum Gasteiger partial charge on any atom is 0.204 e. The van der Waals surface area contributed by atoms with Gasteiger partial charge in [-0.2, -0.15) is 5.21 Å². The minimum Gasteiger partial charge on any atom is -0.299 e. The second-order valence-corrected chi connectivity index (χ2v) is 9.05. The average Bonchev–Trinajstić information content (AvgIpc) is 3.21. The number of H-pyrrole nitrogens is 1. The molecule has 0 fully saturated rings. The van der Waals surface area contributed by atoms with E-state index in [1.54, 1.807) is 0 Å². The number of ketones is 1. The van der Waals surface area contributed by atoms with Crippen LogP contribution in [0, 0.1) is 0 Å². The zero-order valence-corrected chi connectivity index (χ0v) is 17.6. The van der Waals surface area contributed by atoms with Crippen molar-refractivity contribution in [1.82, 2.24) is 20.6 Å². The lowest BCUT2D eigenvalue weighted by Crippen LogP contribution is -2.42. The molecule has 0 atom stereocenters. The second kappa shape index (κ2) is 6.76. The molecule has 4 rings (SSSR count). The van der Waals surface area contributed by atoms with Crippen molar-refractivity contribution >= 4 is 17.4 Å². The number of hydrogen-bond acceptors (Lipinski definition) is 4. The molecule has 1 aliphatic rings. The molecule has 2 aromatic carbocycles. The minimum absolute atomic E-state index is 0.122. The lowest BCUT2D eigenvalue weighted by molar-refractivity contribution is -0.125. The summed E-state index contributed by atoms with van der Waals surface area (Å²) in [6, 6.07) is 14.6. The number of nitrogens with one attached hydrogen (secondary N) is 1. The highest BCUT2D eigenvalue weighted by atomic mass is 16.1. The van der Waals surface area contributed by atoms with Gasteiger partial charge in [-0.15, -0.1) is 10.2 Å². The highest BCUT2D eigenvalue weighted by Crippen LogP contribution is 2.44. The molecule has 0 radical (unpaired) electrons. The van der Waals surface area contributed by atoms with Crippen molar-refractivity contribution in [3.8, 4) is 11.4 Å². The fraction of sp³-hybridized carbons (Fsp3) is 0.333. The highest BCUT2D eigenvalue weighted by molar-refractivity contribution is 5.93. The van der Waals surface area contributed by atoms with Gasteiger partial charge in [-0.25, -0.2) is 0 Å². The van der Waals surface area contributed by atoms with Gasteiger partial charge < -0.3 is 0 Å². The van der Waals surface area contributed by atoms with Crippen LogP contribution in [-0.4, -0.2) is 26.4 Å². The van der Waals surface area contributed by atoms with Gasteiger partial charge >= 0.3 is 0 Å². The molecule has 5 heteroatoms. The van der Waals surface area contributed by atoms with E-state index in [2.05, 4.69) is 65.7 Å². The Morgan fingerprint density at radius 3 is 2.41 bits per heavy atom. The summed E-state index contributed by atoms with van der Waals surface area (Å²) in [6.07, 6.45) is 2.75. The monoisotopic (exact) mass is 386 g/mol. The molecule has 1 heterocycles. The predicted octanol–water partition coefficient (Wildman–Crippen LogP) is 4.96. The molecule has 29 heavy (non-hydrogen) atoms. The number of tetrazole rings is 1. The maximum atomic E-state index is 12.8. The number of fused-ring (bicyclic) bond motifs is 1. The number of Topliss-reactive ketones (excluding diaryl/α,β-unsaturated/α-hetero) is 1. The summed E-state index contributed by atoms with van der Waals surface area (Å²) in [6.45, 7) is 10.5. The van der Waals surface area contributed by atoms with Gasteiger partial charge in [0.1, 0.15) is 5.78 Å². The van der Waals surface area contributed by atoms with E-state index < -0.39 is 5.41 Å². The summed E-state index contributed by atoms with van der Waals surface area (Å²) in [5.74, 6) is 0.896. The fourth-order valence-corrected chi connectivity index (χ4v) is 4.11. The lowest BCUT2D eigenvalue weighted by atomic mass is 9.62. The lowest BCUT2D eigenvalue weighted by Gasteiger charge is -2.40. The van der Waals surface area contributed by atoms with E-state index in [4.69, 9.17) is 0 Å². The second-order valence-electron chi connectivity index (χ2n) is 9.05. The van der Waals surface area contributed by atoms with Crippen LogP contribution in [0.5, 0.6) is 0 Å². The molecule has 1 aliphatic carbocycles. The summed E-state index contributed by atoms with van der Waals surface area (Å²) >= 11 is 0. The molecule has 0 saturated carbocycles. The summed E-state index contributed by atoms with van der Waals surface area (Å²) in [4.78, 5) is 12.8. The van der Waals surface area contributed by atoms with Crippen molar-refractivity contribution in [3.05, 3.63) is 64.7 Å². The SMILES string of the molecule is C/C(=C\c1ccc(-c2nn[nH]n2)cc1)c1ccc2c(c1)C(C)(C)C(=O)CC2(C)C. The maximum absolute atomic E-state index is 12.8. The van der Waals surface area contributed by atoms with Crippen LogP contribution >= 0.6 is 0 Å². The summed E-state index contributed by atoms with van der Waals surface area (Å²) in [5, 5.41) is 14.1. The smallest absolute Gasteiger partial charge is 0.204 e. The fourth-order valence-electron chi connectivity index (χ4n) is 4.11. The molecular weight excluding hydrogens is 360 g/mol. The van der Waals surface area contributed by atoms with Crippen molar-refractivity contribution in [2.75, 3.05) is 0 Å². The molecule has 148 valence electrons. The van der Waals surface area contributed by atoms with Crippen LogP contribution in [0.3, 0.4) is 0 Å². The minimum atomic E-state index is -0.451. The molecule has 0 aliphatic heterocycles. The van der Waals surface area contributed by atoms with Crippen molar-refractivity contribution < 1.29 is 4.79 Å². The topological polar surface area (TPSA) is 71.5 Å². The molecule has 5 nitrogen and oxygen atoms in total. The van der Waals surface area contributed by atoms with Crippen molar-refractivity contribution in [1.29, 1.82) is 0 Å². The molecule has 0 bridgehead atoms. The molecule has 0 spiro atoms. The molecular formula is C24H26N4O. The Bertz CT molecular complexity index is 1090. The largest absolute Gasteiger partial charge is 0.299 e. The number of aromatic nitrogens is 4. The summed E-state index contributed by atoms with van der Waals surface area (Å²) < 4.78 is 0. The van der Waals surface area contributed by atoms with E-state index in [1.807, 2.05) is 38.1 Å². The van der Waals surface area contributed by atoms with Crippen molar-refractivity contribution in [2.45, 2.75) is 51.9 Å². The number of allylic oxidation sites excluding steroid dienone is 1. The number of hydrogen-bond donors (Lipinski definition) is 1. The van der Waals surface area contributed by atoms with Crippen molar-refractivity contribution in [2.24, 2.45) is 0 Å². The van der Waals surface area contributed by atoms with Crippen LogP contribution in [0.15, 0.2) is 42.5 Å². The van der Waals surface area contributed by atoms with E-state index in [0.717, 1.165) is 27.8 Å².